The van der Waals surface area contributed by atoms with Crippen LogP contribution in [0, 0.1) is 6.92 Å². The van der Waals surface area contributed by atoms with E-state index in [4.69, 9.17) is 0 Å². The summed E-state index contributed by atoms with van der Waals surface area (Å²) in [6, 6.07) is 16.5. The highest BCUT2D eigenvalue weighted by Gasteiger charge is 2.32. The Morgan fingerprint density at radius 1 is 1.04 bits per heavy atom. The molecule has 0 aliphatic carbocycles. The van der Waals surface area contributed by atoms with E-state index >= 15 is 0 Å². The van der Waals surface area contributed by atoms with Gasteiger partial charge in [0, 0.05) is 12.2 Å². The maximum atomic E-state index is 12.7. The molecule has 0 aliphatic rings. The molecule has 0 saturated heterocycles. The van der Waals surface area contributed by atoms with Gasteiger partial charge in [0.1, 0.15) is 5.25 Å². The van der Waals surface area contributed by atoms with Crippen molar-refractivity contribution < 1.29 is 13.2 Å². The molecule has 1 atom stereocenters. The van der Waals surface area contributed by atoms with Crippen LogP contribution in [0.2, 0.25) is 0 Å². The van der Waals surface area contributed by atoms with Crippen LogP contribution in [-0.2, 0) is 20.4 Å². The molecule has 0 bridgehead atoms. The molecule has 0 aliphatic heterocycles. The molecule has 2 rings (SSSR count). The van der Waals surface area contributed by atoms with Crippen molar-refractivity contribution in [2.24, 2.45) is 0 Å². The summed E-state index contributed by atoms with van der Waals surface area (Å²) in [5.74, 6) is -0.517. The van der Waals surface area contributed by atoms with Gasteiger partial charge in [-0.3, -0.25) is 4.79 Å². The van der Waals surface area contributed by atoms with E-state index in [2.05, 4.69) is 0 Å². The third-order valence-electron chi connectivity index (χ3n) is 4.15. The quantitative estimate of drug-likeness (QED) is 0.807. The molecular weight excluding hydrogens is 322 g/mol. The van der Waals surface area contributed by atoms with E-state index in [1.165, 1.54) is 11.8 Å². The average molecular weight is 345 g/mol. The van der Waals surface area contributed by atoms with Crippen LogP contribution in [0.5, 0.6) is 0 Å². The fraction of sp³-hybridized carbons (Fsp3) is 0.316. The third-order valence-corrected chi connectivity index (χ3v) is 6.15. The molecule has 2 aromatic carbocycles. The Morgan fingerprint density at radius 2 is 1.62 bits per heavy atom. The summed E-state index contributed by atoms with van der Waals surface area (Å²) in [5, 5.41) is -1.09. The summed E-state index contributed by atoms with van der Waals surface area (Å²) in [4.78, 5) is 14.3. The topological polar surface area (TPSA) is 54.5 Å². The predicted octanol–water partition coefficient (Wildman–Crippen LogP) is 3.35. The number of amides is 1. The van der Waals surface area contributed by atoms with Crippen LogP contribution in [0.25, 0.3) is 0 Å². The average Bonchev–Trinajstić information content (AvgIpc) is 2.57. The van der Waals surface area contributed by atoms with Gasteiger partial charge < -0.3 is 4.90 Å². The van der Waals surface area contributed by atoms with Crippen molar-refractivity contribution in [3.63, 3.8) is 0 Å². The Kier molecular flexibility index (Phi) is 5.78. The lowest BCUT2D eigenvalue weighted by Crippen LogP contribution is -2.42. The molecule has 1 amide bonds. The second kappa shape index (κ2) is 7.62. The van der Waals surface area contributed by atoms with Crippen LogP contribution >= 0.6 is 0 Å². The summed E-state index contributed by atoms with van der Waals surface area (Å²) in [6.45, 7) is 5.61. The van der Waals surface area contributed by atoms with E-state index in [0.29, 0.717) is 12.2 Å². The molecule has 4 nitrogen and oxygen atoms in total. The highest BCUT2D eigenvalue weighted by atomic mass is 32.2. The Labute approximate surface area is 144 Å². The monoisotopic (exact) mass is 345 g/mol. The second-order valence-electron chi connectivity index (χ2n) is 5.79. The maximum Gasteiger partial charge on any atom is 0.245 e. The zero-order valence-corrected chi connectivity index (χ0v) is 15.1. The van der Waals surface area contributed by atoms with E-state index in [0.717, 1.165) is 11.1 Å². The molecular formula is C19H23NO3S. The molecule has 0 fully saturated rings. The number of carbonyl (C=O) groups is 1. The maximum absolute atomic E-state index is 12.7. The number of hydrogen-bond donors (Lipinski definition) is 0. The van der Waals surface area contributed by atoms with Crippen LogP contribution in [0.15, 0.2) is 54.6 Å². The molecule has 0 spiro atoms. The summed E-state index contributed by atoms with van der Waals surface area (Å²) < 4.78 is 25.4. The van der Waals surface area contributed by atoms with Gasteiger partial charge in [0.2, 0.25) is 5.91 Å². The van der Waals surface area contributed by atoms with Gasteiger partial charge in [-0.1, -0.05) is 42.5 Å². The van der Waals surface area contributed by atoms with Gasteiger partial charge in [0.05, 0.1) is 5.75 Å². The number of anilines is 1. The molecule has 0 saturated carbocycles. The van der Waals surface area contributed by atoms with Gasteiger partial charge in [0.25, 0.3) is 0 Å². The first-order valence-electron chi connectivity index (χ1n) is 7.99. The van der Waals surface area contributed by atoms with Crippen LogP contribution in [-0.4, -0.2) is 26.1 Å². The zero-order chi connectivity index (χ0) is 17.7. The Morgan fingerprint density at radius 3 is 2.21 bits per heavy atom. The van der Waals surface area contributed by atoms with Gasteiger partial charge in [-0.2, -0.15) is 0 Å². The number of rotatable bonds is 6. The van der Waals surface area contributed by atoms with E-state index in [9.17, 15) is 13.2 Å². The van der Waals surface area contributed by atoms with Gasteiger partial charge in [-0.15, -0.1) is 0 Å². The number of hydrogen-bond acceptors (Lipinski definition) is 3. The highest BCUT2D eigenvalue weighted by Crippen LogP contribution is 2.20. The van der Waals surface area contributed by atoms with Crippen molar-refractivity contribution in [3.8, 4) is 0 Å². The minimum atomic E-state index is -3.59. The smallest absolute Gasteiger partial charge is 0.245 e. The van der Waals surface area contributed by atoms with Crippen molar-refractivity contribution >= 4 is 21.4 Å². The third kappa shape index (κ3) is 4.03. The van der Waals surface area contributed by atoms with Crippen molar-refractivity contribution in [1.29, 1.82) is 0 Å². The van der Waals surface area contributed by atoms with Crippen LogP contribution in [0.3, 0.4) is 0 Å². The molecule has 24 heavy (non-hydrogen) atoms. The minimum absolute atomic E-state index is 0.126. The number of sulfone groups is 1. The lowest BCUT2D eigenvalue weighted by atomic mass is 10.1. The lowest BCUT2D eigenvalue weighted by molar-refractivity contribution is -0.117. The van der Waals surface area contributed by atoms with Crippen molar-refractivity contribution in [3.05, 3.63) is 65.7 Å². The number of nitrogens with zero attached hydrogens (tertiary/aromatic N) is 1. The number of para-hydroxylation sites is 1. The van der Waals surface area contributed by atoms with Gasteiger partial charge in [-0.25, -0.2) is 8.42 Å². The molecule has 0 N–H and O–H groups in total. The molecule has 2 aromatic rings. The molecule has 0 radical (unpaired) electrons. The minimum Gasteiger partial charge on any atom is -0.312 e. The van der Waals surface area contributed by atoms with E-state index in [1.54, 1.807) is 6.07 Å². The Balaban J connectivity index is 2.24. The Hall–Kier alpha value is -2.14. The van der Waals surface area contributed by atoms with E-state index in [1.807, 2.05) is 62.4 Å². The summed E-state index contributed by atoms with van der Waals surface area (Å²) >= 11 is 0. The molecule has 5 heteroatoms. The molecule has 128 valence electrons. The molecule has 0 heterocycles. The Bertz CT molecular complexity index is 800. The number of aryl methyl sites for hydroxylation is 1. The number of carbonyl (C=O) groups excluding carboxylic acids is 1. The molecule has 0 aromatic heterocycles. The van der Waals surface area contributed by atoms with Crippen molar-refractivity contribution in [2.45, 2.75) is 31.8 Å². The first-order chi connectivity index (χ1) is 11.4. The standard InChI is InChI=1S/C19H23NO3S/c1-4-20(18-12-6-5-7-13-18)19(21)16(3)24(22,23)14-17-11-9-8-10-15(17)2/h5-13,16H,4,14H2,1-3H3/t16-/m0/s1. The van der Waals surface area contributed by atoms with Gasteiger partial charge >= 0.3 is 0 Å². The fourth-order valence-electron chi connectivity index (χ4n) is 2.56. The summed E-state index contributed by atoms with van der Waals surface area (Å²) in [7, 11) is -3.59. The summed E-state index contributed by atoms with van der Waals surface area (Å²) in [5.41, 5.74) is 2.36. The van der Waals surface area contributed by atoms with Crippen molar-refractivity contribution in [2.75, 3.05) is 11.4 Å². The van der Waals surface area contributed by atoms with Gasteiger partial charge in [0.15, 0.2) is 9.84 Å². The van der Waals surface area contributed by atoms with Crippen LogP contribution < -0.4 is 4.90 Å². The summed E-state index contributed by atoms with van der Waals surface area (Å²) in [6.07, 6.45) is 0. The number of benzene rings is 2. The van der Waals surface area contributed by atoms with Crippen molar-refractivity contribution in [1.82, 2.24) is 0 Å². The van der Waals surface area contributed by atoms with Crippen LogP contribution in [0.1, 0.15) is 25.0 Å². The zero-order valence-electron chi connectivity index (χ0n) is 14.3. The van der Waals surface area contributed by atoms with Crippen LogP contribution in [0.4, 0.5) is 5.69 Å². The predicted molar refractivity (Wildman–Crippen MR) is 97.7 cm³/mol. The normalized spacial score (nSPS) is 12.6. The van der Waals surface area contributed by atoms with E-state index in [-0.39, 0.29) is 5.75 Å². The molecule has 0 unspecified atom stereocenters. The first-order valence-corrected chi connectivity index (χ1v) is 9.71. The van der Waals surface area contributed by atoms with Gasteiger partial charge in [-0.05, 0) is 44.0 Å². The highest BCUT2D eigenvalue weighted by molar-refractivity contribution is 7.92. The second-order valence-corrected chi connectivity index (χ2v) is 8.12. The largest absolute Gasteiger partial charge is 0.312 e. The SMILES string of the molecule is CCN(C(=O)[C@H](C)S(=O)(=O)Cc1ccccc1C)c1ccccc1. The lowest BCUT2D eigenvalue weighted by Gasteiger charge is -2.24. The first kappa shape index (κ1) is 18.2. The van der Waals surface area contributed by atoms with E-state index < -0.39 is 21.0 Å². The fourth-order valence-corrected chi connectivity index (χ4v) is 4.00.